The highest BCUT2D eigenvalue weighted by Crippen LogP contribution is 2.56. The Labute approximate surface area is 112 Å². The molecule has 2 nitrogen and oxygen atoms in total. The van der Waals surface area contributed by atoms with Crippen molar-refractivity contribution in [2.45, 2.75) is 24.3 Å². The van der Waals surface area contributed by atoms with E-state index in [9.17, 15) is 4.39 Å². The van der Waals surface area contributed by atoms with Crippen LogP contribution in [0.2, 0.25) is 0 Å². The Kier molecular flexibility index (Phi) is 3.09. The molecule has 3 N–H and O–H groups in total. The van der Waals surface area contributed by atoms with Gasteiger partial charge in [0.05, 0.1) is 6.04 Å². The third-order valence-corrected chi connectivity index (χ3v) is 4.06. The summed E-state index contributed by atoms with van der Waals surface area (Å²) >= 11 is 0. The Morgan fingerprint density at radius 3 is 2.16 bits per heavy atom. The zero-order chi connectivity index (χ0) is 13.3. The van der Waals surface area contributed by atoms with Crippen LogP contribution in [0.25, 0.3) is 0 Å². The summed E-state index contributed by atoms with van der Waals surface area (Å²) in [6.07, 6.45) is 2.20. The van der Waals surface area contributed by atoms with E-state index in [0.29, 0.717) is 0 Å². The number of nitrogens with two attached hydrogens (primary N) is 1. The molecule has 19 heavy (non-hydrogen) atoms. The van der Waals surface area contributed by atoms with Crippen molar-refractivity contribution in [1.82, 2.24) is 5.43 Å². The second kappa shape index (κ2) is 4.76. The summed E-state index contributed by atoms with van der Waals surface area (Å²) in [4.78, 5) is 0. The first-order valence-electron chi connectivity index (χ1n) is 6.53. The number of hydrogen-bond acceptors (Lipinski definition) is 2. The molecule has 3 heteroatoms. The van der Waals surface area contributed by atoms with Crippen molar-refractivity contribution in [2.75, 3.05) is 0 Å². The van der Waals surface area contributed by atoms with Gasteiger partial charge in [-0.1, -0.05) is 42.5 Å². The molecule has 0 aliphatic heterocycles. The van der Waals surface area contributed by atoms with Gasteiger partial charge in [-0.15, -0.1) is 0 Å². The summed E-state index contributed by atoms with van der Waals surface area (Å²) in [7, 11) is 0. The number of halogens is 1. The fourth-order valence-electron chi connectivity index (χ4n) is 2.88. The molecular weight excluding hydrogens is 239 g/mol. The highest BCUT2D eigenvalue weighted by molar-refractivity contribution is 5.38. The van der Waals surface area contributed by atoms with Gasteiger partial charge in [-0.25, -0.2) is 4.39 Å². The van der Waals surface area contributed by atoms with Gasteiger partial charge in [0, 0.05) is 5.41 Å². The molecule has 0 bridgehead atoms. The lowest BCUT2D eigenvalue weighted by atomic mass is 9.84. The van der Waals surface area contributed by atoms with Gasteiger partial charge in [-0.3, -0.25) is 11.3 Å². The molecular formula is C16H17FN2. The van der Waals surface area contributed by atoms with Gasteiger partial charge in [0.25, 0.3) is 0 Å². The lowest BCUT2D eigenvalue weighted by Crippen LogP contribution is -2.36. The molecule has 98 valence electrons. The minimum atomic E-state index is -0.218. The Balaban J connectivity index is 1.97. The highest BCUT2D eigenvalue weighted by atomic mass is 19.1. The Morgan fingerprint density at radius 2 is 1.63 bits per heavy atom. The first kappa shape index (κ1) is 12.3. The molecule has 0 spiro atoms. The van der Waals surface area contributed by atoms with E-state index in [1.807, 2.05) is 30.3 Å². The maximum absolute atomic E-state index is 13.0. The molecule has 1 saturated carbocycles. The molecule has 1 aliphatic rings. The first-order chi connectivity index (χ1) is 9.26. The van der Waals surface area contributed by atoms with Crippen LogP contribution in [0.5, 0.6) is 0 Å². The number of hydrazine groups is 1. The van der Waals surface area contributed by atoms with Crippen LogP contribution >= 0.6 is 0 Å². The second-order valence-electron chi connectivity index (χ2n) is 5.17. The molecule has 0 saturated heterocycles. The van der Waals surface area contributed by atoms with Gasteiger partial charge >= 0.3 is 0 Å². The van der Waals surface area contributed by atoms with E-state index in [-0.39, 0.29) is 17.3 Å². The normalized spacial score (nSPS) is 18.0. The minimum absolute atomic E-state index is 0.0236. The number of rotatable bonds is 4. The Morgan fingerprint density at radius 1 is 1.00 bits per heavy atom. The van der Waals surface area contributed by atoms with Crippen molar-refractivity contribution in [2.24, 2.45) is 5.84 Å². The maximum atomic E-state index is 13.0. The topological polar surface area (TPSA) is 38.0 Å². The summed E-state index contributed by atoms with van der Waals surface area (Å²) < 4.78 is 13.0. The molecule has 1 unspecified atom stereocenters. The zero-order valence-electron chi connectivity index (χ0n) is 10.6. The van der Waals surface area contributed by atoms with E-state index in [4.69, 9.17) is 5.84 Å². The van der Waals surface area contributed by atoms with Crippen molar-refractivity contribution < 1.29 is 4.39 Å². The minimum Gasteiger partial charge on any atom is -0.271 e. The van der Waals surface area contributed by atoms with Gasteiger partial charge in [0.2, 0.25) is 0 Å². The fourth-order valence-corrected chi connectivity index (χ4v) is 2.88. The van der Waals surface area contributed by atoms with Crippen molar-refractivity contribution in [3.8, 4) is 0 Å². The molecule has 1 fully saturated rings. The third-order valence-electron chi connectivity index (χ3n) is 4.06. The molecule has 2 aromatic rings. The first-order valence-corrected chi connectivity index (χ1v) is 6.53. The van der Waals surface area contributed by atoms with E-state index in [1.165, 1.54) is 17.7 Å². The standard InChI is InChI=1S/C16H17FN2/c17-14-8-6-12(7-9-14)15(19-18)16(10-11-16)13-4-2-1-3-5-13/h1-9,15,19H,10-11,18H2. The second-order valence-corrected chi connectivity index (χ2v) is 5.17. The average Bonchev–Trinajstić information content (AvgIpc) is 3.24. The Bertz CT molecular complexity index is 547. The number of hydrogen-bond donors (Lipinski definition) is 2. The van der Waals surface area contributed by atoms with Crippen LogP contribution in [-0.4, -0.2) is 0 Å². The van der Waals surface area contributed by atoms with E-state index in [2.05, 4.69) is 17.6 Å². The van der Waals surface area contributed by atoms with Gasteiger partial charge in [0.15, 0.2) is 0 Å². The maximum Gasteiger partial charge on any atom is 0.123 e. The van der Waals surface area contributed by atoms with Crippen LogP contribution in [0.3, 0.4) is 0 Å². The molecule has 3 rings (SSSR count). The molecule has 1 aliphatic carbocycles. The van der Waals surface area contributed by atoms with Gasteiger partial charge < -0.3 is 0 Å². The molecule has 0 amide bonds. The predicted molar refractivity (Wildman–Crippen MR) is 73.8 cm³/mol. The predicted octanol–water partition coefficient (Wildman–Crippen LogP) is 3.06. The van der Waals surface area contributed by atoms with Crippen LogP contribution < -0.4 is 11.3 Å². The van der Waals surface area contributed by atoms with Gasteiger partial charge in [-0.05, 0) is 36.1 Å². The van der Waals surface area contributed by atoms with Crippen molar-refractivity contribution in [3.05, 3.63) is 71.5 Å². The summed E-state index contributed by atoms with van der Waals surface area (Å²) in [5.41, 5.74) is 5.29. The lowest BCUT2D eigenvalue weighted by molar-refractivity contribution is 0.438. The highest BCUT2D eigenvalue weighted by Gasteiger charge is 2.50. The van der Waals surface area contributed by atoms with Crippen LogP contribution in [0.1, 0.15) is 30.0 Å². The number of benzene rings is 2. The Hall–Kier alpha value is -1.71. The SMILES string of the molecule is NNC(c1ccc(F)cc1)C1(c2ccccc2)CC1. The smallest absolute Gasteiger partial charge is 0.123 e. The molecule has 0 aromatic heterocycles. The summed E-state index contributed by atoms with van der Waals surface area (Å²) in [5.74, 6) is 5.54. The molecule has 2 aromatic carbocycles. The zero-order valence-corrected chi connectivity index (χ0v) is 10.6. The summed E-state index contributed by atoms with van der Waals surface area (Å²) in [6, 6.07) is 17.0. The van der Waals surface area contributed by atoms with Gasteiger partial charge in [-0.2, -0.15) is 0 Å². The van der Waals surface area contributed by atoms with Crippen LogP contribution in [-0.2, 0) is 5.41 Å². The van der Waals surface area contributed by atoms with Crippen LogP contribution in [0.15, 0.2) is 54.6 Å². The van der Waals surface area contributed by atoms with E-state index in [1.54, 1.807) is 0 Å². The third kappa shape index (κ3) is 2.15. The van der Waals surface area contributed by atoms with E-state index in [0.717, 1.165) is 18.4 Å². The van der Waals surface area contributed by atoms with Gasteiger partial charge in [0.1, 0.15) is 5.82 Å². The quantitative estimate of drug-likeness (QED) is 0.651. The van der Waals surface area contributed by atoms with Crippen molar-refractivity contribution >= 4 is 0 Å². The van der Waals surface area contributed by atoms with Crippen LogP contribution in [0, 0.1) is 5.82 Å². The monoisotopic (exact) mass is 256 g/mol. The lowest BCUT2D eigenvalue weighted by Gasteiger charge is -2.27. The molecule has 0 radical (unpaired) electrons. The largest absolute Gasteiger partial charge is 0.271 e. The summed E-state index contributed by atoms with van der Waals surface area (Å²) in [6.45, 7) is 0. The van der Waals surface area contributed by atoms with Crippen molar-refractivity contribution in [3.63, 3.8) is 0 Å². The van der Waals surface area contributed by atoms with E-state index < -0.39 is 0 Å². The van der Waals surface area contributed by atoms with Crippen LogP contribution in [0.4, 0.5) is 4.39 Å². The van der Waals surface area contributed by atoms with E-state index >= 15 is 0 Å². The average molecular weight is 256 g/mol. The fraction of sp³-hybridized carbons (Fsp3) is 0.250. The summed E-state index contributed by atoms with van der Waals surface area (Å²) in [5, 5.41) is 0. The molecule has 1 atom stereocenters. The van der Waals surface area contributed by atoms with Crippen molar-refractivity contribution in [1.29, 1.82) is 0 Å². The molecule has 0 heterocycles. The number of nitrogens with one attached hydrogen (secondary N) is 1.